The minimum absolute atomic E-state index is 0.118. The average molecular weight is 639 g/mol. The number of nitrogens with one attached hydrogen (secondary N) is 5. The largest absolute Gasteiger partial charge is 0.481 e. The van der Waals surface area contributed by atoms with E-state index in [0.29, 0.717) is 0 Å². The molecule has 1 rings (SSSR count). The molecule has 0 aliphatic rings. The van der Waals surface area contributed by atoms with E-state index in [4.69, 9.17) is 10.2 Å². The van der Waals surface area contributed by atoms with Crippen LogP contribution in [-0.4, -0.2) is 91.9 Å². The molecule has 45 heavy (non-hydrogen) atoms. The molecule has 0 aliphatic heterocycles. The van der Waals surface area contributed by atoms with Crippen molar-refractivity contribution in [1.82, 2.24) is 21.3 Å². The van der Waals surface area contributed by atoms with Crippen molar-refractivity contribution in [3.63, 3.8) is 0 Å². The number of amides is 5. The lowest BCUT2D eigenvalue weighted by molar-refractivity contribution is -0.384. The molecule has 0 aliphatic carbocycles. The van der Waals surface area contributed by atoms with E-state index in [1.54, 1.807) is 0 Å². The van der Waals surface area contributed by atoms with Crippen LogP contribution >= 0.6 is 0 Å². The highest BCUT2D eigenvalue weighted by atomic mass is 16.6. The second-order valence-electron chi connectivity index (χ2n) is 10.0. The van der Waals surface area contributed by atoms with Gasteiger partial charge in [0, 0.05) is 31.2 Å². The average Bonchev–Trinajstić information content (AvgIpc) is 2.92. The van der Waals surface area contributed by atoms with Gasteiger partial charge in [0.25, 0.3) is 5.69 Å². The topological polar surface area (TPSA) is 301 Å². The van der Waals surface area contributed by atoms with Gasteiger partial charge < -0.3 is 41.9 Å². The number of carboxylic acids is 3. The Hall–Kier alpha value is -5.62. The van der Waals surface area contributed by atoms with Crippen LogP contribution in [0.15, 0.2) is 24.3 Å². The van der Waals surface area contributed by atoms with Crippen LogP contribution < -0.4 is 26.6 Å². The zero-order chi connectivity index (χ0) is 34.4. The Morgan fingerprint density at radius 3 is 1.78 bits per heavy atom. The van der Waals surface area contributed by atoms with Crippen molar-refractivity contribution < 1.29 is 58.6 Å². The third kappa shape index (κ3) is 13.5. The molecule has 19 heteroatoms. The minimum Gasteiger partial charge on any atom is -0.481 e. The van der Waals surface area contributed by atoms with Gasteiger partial charge in [0.1, 0.15) is 24.2 Å². The lowest BCUT2D eigenvalue weighted by atomic mass is 10.0. The molecule has 0 saturated heterocycles. The summed E-state index contributed by atoms with van der Waals surface area (Å²) < 4.78 is 0. The highest BCUT2D eigenvalue weighted by Crippen LogP contribution is 2.16. The number of rotatable bonds is 18. The molecule has 0 bridgehead atoms. The second kappa shape index (κ2) is 17.5. The molecular weight excluding hydrogens is 604 g/mol. The Morgan fingerprint density at radius 2 is 1.31 bits per heavy atom. The summed E-state index contributed by atoms with van der Waals surface area (Å²) in [6.07, 6.45) is -2.77. The van der Waals surface area contributed by atoms with Gasteiger partial charge >= 0.3 is 17.9 Å². The first kappa shape index (κ1) is 37.4. The Morgan fingerprint density at radius 1 is 0.756 bits per heavy atom. The summed E-state index contributed by atoms with van der Waals surface area (Å²) in [6.45, 7) is 3.98. The smallest absolute Gasteiger partial charge is 0.326 e. The number of aliphatic carboxylic acids is 3. The fourth-order valence-corrected chi connectivity index (χ4v) is 3.75. The van der Waals surface area contributed by atoms with Crippen LogP contribution in [0.4, 0.5) is 11.4 Å². The van der Waals surface area contributed by atoms with E-state index in [1.165, 1.54) is 26.0 Å². The van der Waals surface area contributed by atoms with Gasteiger partial charge in [-0.2, -0.15) is 0 Å². The molecule has 0 radical (unpaired) electrons. The maximum Gasteiger partial charge on any atom is 0.326 e. The van der Waals surface area contributed by atoms with Crippen molar-refractivity contribution in [2.75, 3.05) is 5.32 Å². The van der Waals surface area contributed by atoms with Crippen molar-refractivity contribution in [3.8, 4) is 0 Å². The zero-order valence-corrected chi connectivity index (χ0v) is 24.4. The number of nitro groups is 1. The maximum absolute atomic E-state index is 13.1. The first-order valence-electron chi connectivity index (χ1n) is 13.3. The molecule has 0 spiro atoms. The Kier molecular flexibility index (Phi) is 14.5. The van der Waals surface area contributed by atoms with E-state index in [1.807, 2.05) is 0 Å². The Labute approximate surface area is 255 Å². The van der Waals surface area contributed by atoms with Gasteiger partial charge in [0.2, 0.25) is 29.5 Å². The highest BCUT2D eigenvalue weighted by molar-refractivity contribution is 5.98. The van der Waals surface area contributed by atoms with E-state index in [9.17, 15) is 53.6 Å². The number of carbonyl (C=O) groups is 8. The van der Waals surface area contributed by atoms with Crippen LogP contribution in [0, 0.1) is 16.0 Å². The van der Waals surface area contributed by atoms with Gasteiger partial charge in [-0.3, -0.25) is 43.7 Å². The fourth-order valence-electron chi connectivity index (χ4n) is 3.75. The van der Waals surface area contributed by atoms with Crippen LogP contribution in [0.3, 0.4) is 0 Å². The van der Waals surface area contributed by atoms with Gasteiger partial charge in [-0.05, 0) is 24.5 Å². The summed E-state index contributed by atoms with van der Waals surface area (Å²) in [5.41, 5.74) is -0.130. The van der Waals surface area contributed by atoms with E-state index >= 15 is 0 Å². The summed E-state index contributed by atoms with van der Waals surface area (Å²) in [7, 11) is 0. The first-order valence-corrected chi connectivity index (χ1v) is 13.3. The number of nitrogens with zero attached hydrogens (tertiary/aromatic N) is 1. The van der Waals surface area contributed by atoms with E-state index in [0.717, 1.165) is 19.1 Å². The van der Waals surface area contributed by atoms with Gasteiger partial charge in [0.05, 0.1) is 17.8 Å². The fraction of sp³-hybridized carbons (Fsp3) is 0.462. The number of hydrogen-bond donors (Lipinski definition) is 8. The third-order valence-electron chi connectivity index (χ3n) is 5.97. The molecule has 5 amide bonds. The van der Waals surface area contributed by atoms with Crippen LogP contribution in [-0.2, 0) is 38.4 Å². The number of carbonyl (C=O) groups excluding carboxylic acids is 5. The summed E-state index contributed by atoms with van der Waals surface area (Å²) in [5.74, 6) is -9.97. The number of anilines is 1. The summed E-state index contributed by atoms with van der Waals surface area (Å²) in [6, 6.07) is -1.81. The minimum atomic E-state index is -1.79. The Bertz CT molecular complexity index is 1300. The quantitative estimate of drug-likeness (QED) is 0.0705. The van der Waals surface area contributed by atoms with Gasteiger partial charge in [-0.1, -0.05) is 13.8 Å². The number of carboxylic acid groups (broad SMARTS) is 3. The van der Waals surface area contributed by atoms with Crippen LogP contribution in [0.5, 0.6) is 0 Å². The van der Waals surface area contributed by atoms with Crippen LogP contribution in [0.2, 0.25) is 0 Å². The van der Waals surface area contributed by atoms with Crippen molar-refractivity contribution in [3.05, 3.63) is 34.4 Å². The van der Waals surface area contributed by atoms with Crippen LogP contribution in [0.25, 0.3) is 0 Å². The molecule has 246 valence electrons. The molecular formula is C26H34N6O13. The van der Waals surface area contributed by atoms with Crippen LogP contribution in [0.1, 0.15) is 46.5 Å². The number of benzene rings is 1. The second-order valence-corrected chi connectivity index (χ2v) is 10.0. The zero-order valence-electron chi connectivity index (χ0n) is 24.4. The Balaban J connectivity index is 3.05. The molecule has 0 saturated carbocycles. The highest BCUT2D eigenvalue weighted by Gasteiger charge is 2.33. The number of non-ortho nitro benzene ring substituents is 1. The lowest BCUT2D eigenvalue weighted by Gasteiger charge is -2.27. The number of nitro benzene ring substituents is 1. The van der Waals surface area contributed by atoms with E-state index in [-0.39, 0.29) is 11.4 Å². The van der Waals surface area contributed by atoms with E-state index < -0.39 is 108 Å². The molecule has 0 unspecified atom stereocenters. The molecule has 0 heterocycles. The van der Waals surface area contributed by atoms with Gasteiger partial charge in [0.15, 0.2) is 0 Å². The normalized spacial score (nSPS) is 13.2. The molecule has 0 fully saturated rings. The van der Waals surface area contributed by atoms with Crippen molar-refractivity contribution in [2.45, 2.75) is 70.6 Å². The van der Waals surface area contributed by atoms with E-state index in [2.05, 4.69) is 26.6 Å². The van der Waals surface area contributed by atoms with Crippen molar-refractivity contribution in [2.24, 2.45) is 5.92 Å². The first-order chi connectivity index (χ1) is 20.9. The maximum atomic E-state index is 13.1. The summed E-state index contributed by atoms with van der Waals surface area (Å²) in [4.78, 5) is 107. The molecule has 1 aromatic carbocycles. The third-order valence-corrected chi connectivity index (χ3v) is 5.97. The molecule has 4 atom stereocenters. The van der Waals surface area contributed by atoms with Crippen molar-refractivity contribution >= 4 is 58.8 Å². The summed E-state index contributed by atoms with van der Waals surface area (Å²) >= 11 is 0. The van der Waals surface area contributed by atoms with Gasteiger partial charge in [-0.25, -0.2) is 4.79 Å². The monoisotopic (exact) mass is 638 g/mol. The lowest BCUT2D eigenvalue weighted by Crippen LogP contribution is -2.59. The molecule has 1 aromatic rings. The van der Waals surface area contributed by atoms with Crippen molar-refractivity contribution in [1.29, 1.82) is 0 Å². The predicted octanol–water partition coefficient (Wildman–Crippen LogP) is -1.04. The standard InChI is InChI=1S/C26H34N6O13/c1-12(2)22(25(41)30-18(26(42)43)10-19(34)28-14-4-6-15(7-5-14)32(44)45)31-23(39)16(8-9-20(35)36)29-24(40)17(11-21(37)38)27-13(3)33/h4-7,12,16-18,22H,8-11H2,1-3H3,(H,27,33)(H,28,34)(H,29,40)(H,30,41)(H,31,39)(H,35,36)(H,37,38)(H,42,43)/t16-,17-,18-,22-/m0/s1. The number of hydrogen-bond acceptors (Lipinski definition) is 10. The molecule has 19 nitrogen and oxygen atoms in total. The SMILES string of the molecule is CC(=O)N[C@@H](CC(=O)O)C(=O)N[C@@H](CCC(=O)O)C(=O)N[C@H](C(=O)N[C@@H](CC(=O)Nc1ccc([N+](=O)[O-])cc1)C(=O)O)C(C)C. The predicted molar refractivity (Wildman–Crippen MR) is 151 cm³/mol. The molecule has 8 N–H and O–H groups in total. The summed E-state index contributed by atoms with van der Waals surface area (Å²) in [5, 5.41) is 49.6. The molecule has 0 aromatic heterocycles. The van der Waals surface area contributed by atoms with Gasteiger partial charge in [-0.15, -0.1) is 0 Å².